The standard InChI is InChI=1S/C21H27FN4O/c1-16-4-3-5-19(14-16)24-21(27)23-15-20(17-6-8-18(22)9-7-17)26-12-10-25(2)11-13-26/h3-9,14,20H,10-13,15H2,1-2H3,(H2,23,24,27)/t20-/m0/s1. The molecular weight excluding hydrogens is 343 g/mol. The van der Waals surface area contributed by atoms with Gasteiger partial charge in [0, 0.05) is 38.4 Å². The van der Waals surface area contributed by atoms with Gasteiger partial charge in [0.1, 0.15) is 5.82 Å². The van der Waals surface area contributed by atoms with E-state index in [1.165, 1.54) is 12.1 Å². The summed E-state index contributed by atoms with van der Waals surface area (Å²) in [5, 5.41) is 5.85. The Kier molecular flexibility index (Phi) is 6.42. The third kappa shape index (κ3) is 5.52. The molecule has 1 fully saturated rings. The number of aryl methyl sites for hydroxylation is 1. The summed E-state index contributed by atoms with van der Waals surface area (Å²) in [5.41, 5.74) is 2.87. The highest BCUT2D eigenvalue weighted by molar-refractivity contribution is 5.89. The van der Waals surface area contributed by atoms with Crippen molar-refractivity contribution in [2.75, 3.05) is 45.1 Å². The number of benzene rings is 2. The fourth-order valence-electron chi connectivity index (χ4n) is 3.36. The molecule has 1 aliphatic rings. The fourth-order valence-corrected chi connectivity index (χ4v) is 3.36. The van der Waals surface area contributed by atoms with E-state index in [4.69, 9.17) is 0 Å². The summed E-state index contributed by atoms with van der Waals surface area (Å²) in [4.78, 5) is 17.0. The van der Waals surface area contributed by atoms with Gasteiger partial charge in [-0.3, -0.25) is 4.90 Å². The van der Waals surface area contributed by atoms with Crippen molar-refractivity contribution in [1.29, 1.82) is 0 Å². The van der Waals surface area contributed by atoms with E-state index in [0.717, 1.165) is 43.0 Å². The third-order valence-electron chi connectivity index (χ3n) is 4.97. The second kappa shape index (κ2) is 8.97. The van der Waals surface area contributed by atoms with E-state index in [-0.39, 0.29) is 17.9 Å². The molecule has 0 radical (unpaired) electrons. The minimum atomic E-state index is -0.249. The van der Waals surface area contributed by atoms with Gasteiger partial charge in [-0.05, 0) is 49.4 Å². The molecular formula is C21H27FN4O. The average Bonchev–Trinajstić information content (AvgIpc) is 2.64. The van der Waals surface area contributed by atoms with Gasteiger partial charge in [-0.1, -0.05) is 24.3 Å². The highest BCUT2D eigenvalue weighted by Crippen LogP contribution is 2.22. The predicted molar refractivity (Wildman–Crippen MR) is 106 cm³/mol. The second-order valence-corrected chi connectivity index (χ2v) is 7.11. The van der Waals surface area contributed by atoms with Crippen molar-refractivity contribution in [1.82, 2.24) is 15.1 Å². The summed E-state index contributed by atoms with van der Waals surface area (Å²) in [7, 11) is 2.11. The van der Waals surface area contributed by atoms with Crippen LogP contribution in [0.5, 0.6) is 0 Å². The number of likely N-dealkylation sites (N-methyl/N-ethyl adjacent to an activating group) is 1. The van der Waals surface area contributed by atoms with Crippen molar-refractivity contribution in [3.05, 3.63) is 65.5 Å². The lowest BCUT2D eigenvalue weighted by Crippen LogP contribution is -2.48. The Morgan fingerprint density at radius 3 is 2.48 bits per heavy atom. The van der Waals surface area contributed by atoms with Crippen LogP contribution in [0.15, 0.2) is 48.5 Å². The van der Waals surface area contributed by atoms with Crippen LogP contribution in [0.2, 0.25) is 0 Å². The number of hydrogen-bond acceptors (Lipinski definition) is 3. The van der Waals surface area contributed by atoms with Gasteiger partial charge in [0.05, 0.1) is 6.04 Å². The molecule has 0 bridgehead atoms. The molecule has 0 saturated carbocycles. The Labute approximate surface area is 160 Å². The molecule has 2 amide bonds. The van der Waals surface area contributed by atoms with E-state index in [9.17, 15) is 9.18 Å². The van der Waals surface area contributed by atoms with Crippen molar-refractivity contribution in [2.45, 2.75) is 13.0 Å². The van der Waals surface area contributed by atoms with E-state index in [1.807, 2.05) is 31.2 Å². The third-order valence-corrected chi connectivity index (χ3v) is 4.97. The number of carbonyl (C=O) groups is 1. The Morgan fingerprint density at radius 1 is 1.11 bits per heavy atom. The minimum absolute atomic E-state index is 0.0163. The van der Waals surface area contributed by atoms with Crippen LogP contribution in [0.4, 0.5) is 14.9 Å². The van der Waals surface area contributed by atoms with Gasteiger partial charge in [0.25, 0.3) is 0 Å². The zero-order chi connectivity index (χ0) is 19.2. The lowest BCUT2D eigenvalue weighted by atomic mass is 10.0. The molecule has 1 saturated heterocycles. The number of nitrogens with one attached hydrogen (secondary N) is 2. The van der Waals surface area contributed by atoms with Gasteiger partial charge < -0.3 is 15.5 Å². The number of urea groups is 1. The molecule has 6 heteroatoms. The molecule has 2 aromatic rings. The smallest absolute Gasteiger partial charge is 0.319 e. The summed E-state index contributed by atoms with van der Waals surface area (Å²) < 4.78 is 13.3. The molecule has 27 heavy (non-hydrogen) atoms. The van der Waals surface area contributed by atoms with Gasteiger partial charge in [0.15, 0.2) is 0 Å². The number of nitrogens with zero attached hydrogens (tertiary/aromatic N) is 2. The maximum absolute atomic E-state index is 13.3. The van der Waals surface area contributed by atoms with Crippen LogP contribution in [0.3, 0.4) is 0 Å². The maximum atomic E-state index is 13.3. The minimum Gasteiger partial charge on any atom is -0.336 e. The molecule has 0 spiro atoms. The van der Waals surface area contributed by atoms with E-state index >= 15 is 0 Å². The summed E-state index contributed by atoms with van der Waals surface area (Å²) in [6.07, 6.45) is 0. The van der Waals surface area contributed by atoms with E-state index < -0.39 is 0 Å². The topological polar surface area (TPSA) is 47.6 Å². The Balaban J connectivity index is 1.65. The number of piperazine rings is 1. The van der Waals surface area contributed by atoms with Crippen LogP contribution in [-0.2, 0) is 0 Å². The van der Waals surface area contributed by atoms with Crippen molar-refractivity contribution < 1.29 is 9.18 Å². The number of rotatable bonds is 5. The second-order valence-electron chi connectivity index (χ2n) is 7.11. The number of hydrogen-bond donors (Lipinski definition) is 2. The van der Waals surface area contributed by atoms with Gasteiger partial charge >= 0.3 is 6.03 Å². The molecule has 144 valence electrons. The van der Waals surface area contributed by atoms with Crippen LogP contribution in [0.1, 0.15) is 17.2 Å². The summed E-state index contributed by atoms with van der Waals surface area (Å²) in [6, 6.07) is 14.0. The molecule has 0 aromatic heterocycles. The predicted octanol–water partition coefficient (Wildman–Crippen LogP) is 3.24. The molecule has 5 nitrogen and oxygen atoms in total. The Bertz CT molecular complexity index is 757. The lowest BCUT2D eigenvalue weighted by molar-refractivity contribution is 0.111. The summed E-state index contributed by atoms with van der Waals surface area (Å²) in [5.74, 6) is -0.249. The molecule has 0 unspecified atom stereocenters. The highest BCUT2D eigenvalue weighted by atomic mass is 19.1. The largest absolute Gasteiger partial charge is 0.336 e. The number of halogens is 1. The first-order chi connectivity index (χ1) is 13.0. The summed E-state index contributed by atoms with van der Waals surface area (Å²) in [6.45, 7) is 6.24. The molecule has 1 heterocycles. The number of anilines is 1. The molecule has 3 rings (SSSR count). The normalized spacial score (nSPS) is 16.7. The molecule has 2 N–H and O–H groups in total. The molecule has 1 atom stereocenters. The molecule has 2 aromatic carbocycles. The lowest BCUT2D eigenvalue weighted by Gasteiger charge is -2.38. The summed E-state index contributed by atoms with van der Waals surface area (Å²) >= 11 is 0. The monoisotopic (exact) mass is 370 g/mol. The zero-order valence-corrected chi connectivity index (χ0v) is 15.9. The van der Waals surface area contributed by atoms with E-state index in [1.54, 1.807) is 12.1 Å². The molecule has 1 aliphatic heterocycles. The maximum Gasteiger partial charge on any atom is 0.319 e. The van der Waals surface area contributed by atoms with Crippen LogP contribution in [0.25, 0.3) is 0 Å². The number of carbonyl (C=O) groups excluding carboxylic acids is 1. The Morgan fingerprint density at radius 2 is 1.81 bits per heavy atom. The highest BCUT2D eigenvalue weighted by Gasteiger charge is 2.24. The zero-order valence-electron chi connectivity index (χ0n) is 15.9. The Hall–Kier alpha value is -2.44. The van der Waals surface area contributed by atoms with Gasteiger partial charge in [-0.25, -0.2) is 9.18 Å². The van der Waals surface area contributed by atoms with Crippen molar-refractivity contribution >= 4 is 11.7 Å². The van der Waals surface area contributed by atoms with Gasteiger partial charge in [0.2, 0.25) is 0 Å². The van der Waals surface area contributed by atoms with Crippen molar-refractivity contribution in [3.63, 3.8) is 0 Å². The number of amides is 2. The van der Waals surface area contributed by atoms with Crippen LogP contribution >= 0.6 is 0 Å². The SMILES string of the molecule is Cc1cccc(NC(=O)NC[C@@H](c2ccc(F)cc2)N2CCN(C)CC2)c1. The van der Waals surface area contributed by atoms with Gasteiger partial charge in [-0.15, -0.1) is 0 Å². The van der Waals surface area contributed by atoms with Crippen molar-refractivity contribution in [2.24, 2.45) is 0 Å². The van der Waals surface area contributed by atoms with Crippen molar-refractivity contribution in [3.8, 4) is 0 Å². The quantitative estimate of drug-likeness (QED) is 0.849. The first-order valence-electron chi connectivity index (χ1n) is 9.31. The van der Waals surface area contributed by atoms with Crippen LogP contribution in [0, 0.1) is 12.7 Å². The fraction of sp³-hybridized carbons (Fsp3) is 0.381. The molecule has 0 aliphatic carbocycles. The first kappa shape index (κ1) is 19.3. The first-order valence-corrected chi connectivity index (χ1v) is 9.31. The van der Waals surface area contributed by atoms with E-state index in [0.29, 0.717) is 6.54 Å². The average molecular weight is 370 g/mol. The van der Waals surface area contributed by atoms with E-state index in [2.05, 4.69) is 27.5 Å². The van der Waals surface area contributed by atoms with Crippen LogP contribution < -0.4 is 10.6 Å². The van der Waals surface area contributed by atoms with Crippen LogP contribution in [-0.4, -0.2) is 55.6 Å². The van der Waals surface area contributed by atoms with Gasteiger partial charge in [-0.2, -0.15) is 0 Å².